The molecule has 1 heterocycles. The molecule has 2 aromatic carbocycles. The number of aryl methyl sites for hydroxylation is 3. The third-order valence-corrected chi connectivity index (χ3v) is 3.74. The van der Waals surface area contributed by atoms with Gasteiger partial charge in [-0.15, -0.1) is 0 Å². The van der Waals surface area contributed by atoms with Crippen LogP contribution < -0.4 is 4.74 Å². The van der Waals surface area contributed by atoms with Crippen LogP contribution in [-0.4, -0.2) is 9.97 Å². The Labute approximate surface area is 125 Å². The average Bonchev–Trinajstić information content (AvgIpc) is 2.86. The number of imidazole rings is 1. The summed E-state index contributed by atoms with van der Waals surface area (Å²) in [6, 6.07) is 12.4. The van der Waals surface area contributed by atoms with E-state index < -0.39 is 0 Å². The zero-order valence-electron chi connectivity index (χ0n) is 12.9. The monoisotopic (exact) mass is 280 g/mol. The van der Waals surface area contributed by atoms with Gasteiger partial charge in [-0.1, -0.05) is 24.3 Å². The van der Waals surface area contributed by atoms with E-state index in [1.807, 2.05) is 19.1 Å². The van der Waals surface area contributed by atoms with Gasteiger partial charge < -0.3 is 9.72 Å². The molecule has 0 bridgehead atoms. The van der Waals surface area contributed by atoms with E-state index in [1.165, 1.54) is 5.56 Å². The molecular formula is C18H20N2O. The fourth-order valence-electron chi connectivity index (χ4n) is 2.55. The van der Waals surface area contributed by atoms with Crippen molar-refractivity contribution in [3.8, 4) is 5.75 Å². The first kappa shape index (κ1) is 13.7. The van der Waals surface area contributed by atoms with Crippen LogP contribution in [0.25, 0.3) is 11.0 Å². The molecule has 0 spiro atoms. The Morgan fingerprint density at radius 3 is 2.48 bits per heavy atom. The van der Waals surface area contributed by atoms with E-state index in [0.717, 1.165) is 33.7 Å². The van der Waals surface area contributed by atoms with Gasteiger partial charge in [-0.05, 0) is 56.5 Å². The predicted molar refractivity (Wildman–Crippen MR) is 85.8 cm³/mol. The lowest BCUT2D eigenvalue weighted by molar-refractivity contribution is 0.215. The van der Waals surface area contributed by atoms with Crippen LogP contribution in [0.4, 0.5) is 0 Å². The molecule has 3 nitrogen and oxygen atoms in total. The van der Waals surface area contributed by atoms with E-state index in [-0.39, 0.29) is 6.10 Å². The van der Waals surface area contributed by atoms with Crippen molar-refractivity contribution in [3.63, 3.8) is 0 Å². The second kappa shape index (κ2) is 5.24. The standard InChI is InChI=1S/C18H20N2O/c1-11-8-9-15-16(10-11)20-18(19-15)14(4)21-17-12(2)6-5-7-13(17)3/h5-10,14H,1-4H3,(H,19,20). The SMILES string of the molecule is Cc1ccc2nc(C(C)Oc3c(C)cccc3C)[nH]c2c1. The summed E-state index contributed by atoms with van der Waals surface area (Å²) in [6.07, 6.45) is -0.113. The summed E-state index contributed by atoms with van der Waals surface area (Å²) in [7, 11) is 0. The van der Waals surface area contributed by atoms with E-state index >= 15 is 0 Å². The van der Waals surface area contributed by atoms with E-state index in [2.05, 4.69) is 55.0 Å². The van der Waals surface area contributed by atoms with E-state index in [0.29, 0.717) is 0 Å². The number of para-hydroxylation sites is 1. The second-order valence-corrected chi connectivity index (χ2v) is 5.62. The van der Waals surface area contributed by atoms with Gasteiger partial charge in [-0.25, -0.2) is 4.98 Å². The largest absolute Gasteiger partial charge is 0.482 e. The van der Waals surface area contributed by atoms with Crippen molar-refractivity contribution in [1.82, 2.24) is 9.97 Å². The van der Waals surface area contributed by atoms with Gasteiger partial charge in [0.15, 0.2) is 6.10 Å². The summed E-state index contributed by atoms with van der Waals surface area (Å²) in [4.78, 5) is 7.99. The van der Waals surface area contributed by atoms with Crippen molar-refractivity contribution in [2.45, 2.75) is 33.8 Å². The molecule has 1 aromatic heterocycles. The van der Waals surface area contributed by atoms with Gasteiger partial charge in [0.25, 0.3) is 0 Å². The van der Waals surface area contributed by atoms with Crippen LogP contribution in [0.5, 0.6) is 5.75 Å². The van der Waals surface area contributed by atoms with Gasteiger partial charge in [-0.3, -0.25) is 0 Å². The third kappa shape index (κ3) is 2.64. The van der Waals surface area contributed by atoms with Crippen molar-refractivity contribution >= 4 is 11.0 Å². The highest BCUT2D eigenvalue weighted by atomic mass is 16.5. The quantitative estimate of drug-likeness (QED) is 0.759. The maximum Gasteiger partial charge on any atom is 0.153 e. The number of fused-ring (bicyclic) bond motifs is 1. The molecule has 0 aliphatic heterocycles. The van der Waals surface area contributed by atoms with Crippen molar-refractivity contribution in [1.29, 1.82) is 0 Å². The van der Waals surface area contributed by atoms with Crippen LogP contribution in [0.2, 0.25) is 0 Å². The van der Waals surface area contributed by atoms with Gasteiger partial charge in [-0.2, -0.15) is 0 Å². The number of hydrogen-bond acceptors (Lipinski definition) is 2. The predicted octanol–water partition coefficient (Wildman–Crippen LogP) is 4.63. The Balaban J connectivity index is 1.91. The van der Waals surface area contributed by atoms with Crippen molar-refractivity contribution in [2.24, 2.45) is 0 Å². The lowest BCUT2D eigenvalue weighted by Gasteiger charge is -2.16. The lowest BCUT2D eigenvalue weighted by atomic mass is 10.1. The minimum absolute atomic E-state index is 0.113. The topological polar surface area (TPSA) is 37.9 Å². The molecule has 0 saturated carbocycles. The number of aromatic nitrogens is 2. The molecule has 3 heteroatoms. The molecule has 0 fully saturated rings. The number of ether oxygens (including phenoxy) is 1. The van der Waals surface area contributed by atoms with Crippen LogP contribution in [0.1, 0.15) is 35.5 Å². The fourth-order valence-corrected chi connectivity index (χ4v) is 2.55. The summed E-state index contributed by atoms with van der Waals surface area (Å²) in [5, 5.41) is 0. The summed E-state index contributed by atoms with van der Waals surface area (Å²) in [5.41, 5.74) is 5.55. The number of nitrogens with zero attached hydrogens (tertiary/aromatic N) is 1. The summed E-state index contributed by atoms with van der Waals surface area (Å²) in [5.74, 6) is 1.81. The Morgan fingerprint density at radius 1 is 1.05 bits per heavy atom. The number of H-pyrrole nitrogens is 1. The molecule has 3 aromatic rings. The number of benzene rings is 2. The molecule has 0 amide bonds. The molecule has 21 heavy (non-hydrogen) atoms. The van der Waals surface area contributed by atoms with Crippen LogP contribution >= 0.6 is 0 Å². The molecule has 1 atom stereocenters. The lowest BCUT2D eigenvalue weighted by Crippen LogP contribution is -2.07. The average molecular weight is 280 g/mol. The molecule has 1 unspecified atom stereocenters. The van der Waals surface area contributed by atoms with Crippen molar-refractivity contribution in [2.75, 3.05) is 0 Å². The van der Waals surface area contributed by atoms with Gasteiger partial charge in [0.1, 0.15) is 11.6 Å². The van der Waals surface area contributed by atoms with Crippen LogP contribution in [0.3, 0.4) is 0 Å². The van der Waals surface area contributed by atoms with Gasteiger partial charge in [0.2, 0.25) is 0 Å². The second-order valence-electron chi connectivity index (χ2n) is 5.62. The van der Waals surface area contributed by atoms with Crippen molar-refractivity contribution in [3.05, 3.63) is 58.9 Å². The number of nitrogens with one attached hydrogen (secondary N) is 1. The van der Waals surface area contributed by atoms with Crippen molar-refractivity contribution < 1.29 is 4.74 Å². The molecule has 108 valence electrons. The first-order valence-electron chi connectivity index (χ1n) is 7.24. The number of aromatic amines is 1. The summed E-state index contributed by atoms with van der Waals surface area (Å²) in [6.45, 7) is 8.24. The van der Waals surface area contributed by atoms with E-state index in [1.54, 1.807) is 0 Å². The third-order valence-electron chi connectivity index (χ3n) is 3.74. The van der Waals surface area contributed by atoms with Gasteiger partial charge >= 0.3 is 0 Å². The van der Waals surface area contributed by atoms with Crippen LogP contribution in [0, 0.1) is 20.8 Å². The highest BCUT2D eigenvalue weighted by Gasteiger charge is 2.14. The number of hydrogen-bond donors (Lipinski definition) is 1. The normalized spacial score (nSPS) is 12.6. The fraction of sp³-hybridized carbons (Fsp3) is 0.278. The molecule has 1 N–H and O–H groups in total. The van der Waals surface area contributed by atoms with E-state index in [9.17, 15) is 0 Å². The summed E-state index contributed by atoms with van der Waals surface area (Å²) < 4.78 is 6.13. The highest BCUT2D eigenvalue weighted by Crippen LogP contribution is 2.28. The zero-order chi connectivity index (χ0) is 15.0. The van der Waals surface area contributed by atoms with E-state index in [4.69, 9.17) is 4.74 Å². The zero-order valence-corrected chi connectivity index (χ0v) is 12.9. The van der Waals surface area contributed by atoms with Crippen LogP contribution in [-0.2, 0) is 0 Å². The Hall–Kier alpha value is -2.29. The molecule has 3 rings (SSSR count). The number of rotatable bonds is 3. The van der Waals surface area contributed by atoms with Crippen LogP contribution in [0.15, 0.2) is 36.4 Å². The summed E-state index contributed by atoms with van der Waals surface area (Å²) >= 11 is 0. The first-order chi connectivity index (χ1) is 10.0. The Morgan fingerprint density at radius 2 is 1.76 bits per heavy atom. The molecule has 0 aliphatic carbocycles. The molecule has 0 saturated heterocycles. The van der Waals surface area contributed by atoms with Gasteiger partial charge in [0, 0.05) is 0 Å². The Kier molecular flexibility index (Phi) is 3.42. The molecular weight excluding hydrogens is 260 g/mol. The molecule has 0 aliphatic rings. The Bertz CT molecular complexity index is 769. The minimum atomic E-state index is -0.113. The highest BCUT2D eigenvalue weighted by molar-refractivity contribution is 5.75. The minimum Gasteiger partial charge on any atom is -0.482 e. The smallest absolute Gasteiger partial charge is 0.153 e. The first-order valence-corrected chi connectivity index (χ1v) is 7.24. The maximum atomic E-state index is 6.13. The molecule has 0 radical (unpaired) electrons. The van der Waals surface area contributed by atoms with Gasteiger partial charge in [0.05, 0.1) is 11.0 Å². The maximum absolute atomic E-state index is 6.13.